The van der Waals surface area contributed by atoms with Crippen LogP contribution in [0.2, 0.25) is 0 Å². The third-order valence-corrected chi connectivity index (χ3v) is 2.72. The number of ether oxygens (including phenoxy) is 1. The van der Waals surface area contributed by atoms with E-state index in [1.807, 2.05) is 31.2 Å². The maximum atomic E-state index is 11.5. The number of nitrogens with one attached hydrogen (secondary N) is 1. The molecule has 6 nitrogen and oxygen atoms in total. The first-order valence-electron chi connectivity index (χ1n) is 6.03. The maximum Gasteiger partial charge on any atom is 0.328 e. The lowest BCUT2D eigenvalue weighted by Crippen LogP contribution is -2.32. The van der Waals surface area contributed by atoms with E-state index in [0.29, 0.717) is 5.75 Å². The number of hydrogen-bond acceptors (Lipinski definition) is 4. The fourth-order valence-electron chi connectivity index (χ4n) is 1.72. The summed E-state index contributed by atoms with van der Waals surface area (Å²) in [6.07, 6.45) is 1.24. The molecule has 0 spiro atoms. The quantitative estimate of drug-likeness (QED) is 0.890. The molecule has 1 heterocycles. The number of nitrogens with zero attached hydrogens (tertiary/aromatic N) is 2. The summed E-state index contributed by atoms with van der Waals surface area (Å²) in [5, 5.41) is 8.75. The lowest BCUT2D eigenvalue weighted by molar-refractivity contribution is 0.295. The SMILES string of the molecule is Cc1cccc(OCCn2cc(C#N)c(=O)[nH]c2=O)c1. The molecule has 1 aromatic heterocycles. The molecule has 0 atom stereocenters. The number of hydrogen-bond donors (Lipinski definition) is 1. The van der Waals surface area contributed by atoms with E-state index in [1.54, 1.807) is 6.07 Å². The van der Waals surface area contributed by atoms with Crippen molar-refractivity contribution in [1.29, 1.82) is 5.26 Å². The van der Waals surface area contributed by atoms with Crippen molar-refractivity contribution in [3.63, 3.8) is 0 Å². The Kier molecular flexibility index (Phi) is 4.01. The normalized spacial score (nSPS) is 10.0. The molecular formula is C14H13N3O3. The Labute approximate surface area is 114 Å². The summed E-state index contributed by atoms with van der Waals surface area (Å²) in [5.41, 5.74) is -0.245. The standard InChI is InChI=1S/C14H13N3O3/c1-10-3-2-4-12(7-10)20-6-5-17-9-11(8-15)13(18)16-14(17)19/h2-4,7,9H,5-6H2,1H3,(H,16,18,19). The van der Waals surface area contributed by atoms with Crippen molar-refractivity contribution in [3.8, 4) is 11.8 Å². The van der Waals surface area contributed by atoms with Gasteiger partial charge in [-0.3, -0.25) is 14.3 Å². The van der Waals surface area contributed by atoms with E-state index in [4.69, 9.17) is 10.00 Å². The van der Waals surface area contributed by atoms with Crippen molar-refractivity contribution in [3.05, 3.63) is 62.4 Å². The van der Waals surface area contributed by atoms with Crippen molar-refractivity contribution in [2.75, 3.05) is 6.61 Å². The Hall–Kier alpha value is -2.81. The molecule has 2 rings (SSSR count). The van der Waals surface area contributed by atoms with Gasteiger partial charge in [0.05, 0.1) is 6.54 Å². The Morgan fingerprint density at radius 1 is 1.40 bits per heavy atom. The van der Waals surface area contributed by atoms with Crippen LogP contribution in [0.15, 0.2) is 40.1 Å². The number of rotatable bonds is 4. The molecule has 0 saturated heterocycles. The van der Waals surface area contributed by atoms with E-state index in [2.05, 4.69) is 4.98 Å². The Bertz CT molecular complexity index is 768. The van der Waals surface area contributed by atoms with Gasteiger partial charge in [-0.15, -0.1) is 0 Å². The van der Waals surface area contributed by atoms with Gasteiger partial charge in [0.15, 0.2) is 0 Å². The van der Waals surface area contributed by atoms with E-state index >= 15 is 0 Å². The van der Waals surface area contributed by atoms with Crippen molar-refractivity contribution in [2.24, 2.45) is 0 Å². The van der Waals surface area contributed by atoms with Gasteiger partial charge in [-0.1, -0.05) is 12.1 Å². The highest BCUT2D eigenvalue weighted by Crippen LogP contribution is 2.11. The summed E-state index contributed by atoms with van der Waals surface area (Å²) >= 11 is 0. The summed E-state index contributed by atoms with van der Waals surface area (Å²) in [6.45, 7) is 2.47. The number of benzene rings is 1. The zero-order valence-corrected chi connectivity index (χ0v) is 10.9. The number of aryl methyl sites for hydroxylation is 1. The molecule has 2 aromatic rings. The lowest BCUT2D eigenvalue weighted by Gasteiger charge is -2.08. The number of aromatic nitrogens is 2. The summed E-state index contributed by atoms with van der Waals surface area (Å²) in [4.78, 5) is 24.9. The van der Waals surface area contributed by atoms with Crippen LogP contribution in [-0.2, 0) is 6.54 Å². The molecule has 0 radical (unpaired) electrons. The average Bonchev–Trinajstić information content (AvgIpc) is 2.41. The van der Waals surface area contributed by atoms with Crippen LogP contribution >= 0.6 is 0 Å². The summed E-state index contributed by atoms with van der Waals surface area (Å²) in [7, 11) is 0. The van der Waals surface area contributed by atoms with Gasteiger partial charge in [0.2, 0.25) is 0 Å². The minimum Gasteiger partial charge on any atom is -0.492 e. The highest BCUT2D eigenvalue weighted by molar-refractivity contribution is 5.27. The van der Waals surface area contributed by atoms with Crippen LogP contribution < -0.4 is 16.0 Å². The molecule has 1 N–H and O–H groups in total. The van der Waals surface area contributed by atoms with Crippen molar-refractivity contribution >= 4 is 0 Å². The van der Waals surface area contributed by atoms with Crippen LogP contribution in [0.5, 0.6) is 5.75 Å². The molecule has 0 saturated carbocycles. The van der Waals surface area contributed by atoms with Gasteiger partial charge in [0, 0.05) is 6.20 Å². The van der Waals surface area contributed by atoms with E-state index in [9.17, 15) is 9.59 Å². The predicted molar refractivity (Wildman–Crippen MR) is 72.7 cm³/mol. The predicted octanol–water partition coefficient (Wildman–Crippen LogP) is 0.796. The number of aromatic amines is 1. The van der Waals surface area contributed by atoms with Crippen LogP contribution in [-0.4, -0.2) is 16.2 Å². The first kappa shape index (κ1) is 13.6. The third kappa shape index (κ3) is 3.14. The summed E-state index contributed by atoms with van der Waals surface area (Å²) in [5.74, 6) is 0.711. The molecule has 0 aliphatic rings. The van der Waals surface area contributed by atoms with Gasteiger partial charge in [0.25, 0.3) is 5.56 Å². The van der Waals surface area contributed by atoms with Crippen LogP contribution in [0.4, 0.5) is 0 Å². The Morgan fingerprint density at radius 3 is 2.90 bits per heavy atom. The summed E-state index contributed by atoms with van der Waals surface area (Å²) in [6, 6.07) is 9.28. The second-order valence-corrected chi connectivity index (χ2v) is 4.27. The van der Waals surface area contributed by atoms with E-state index in [0.717, 1.165) is 5.56 Å². The van der Waals surface area contributed by atoms with Crippen molar-refractivity contribution < 1.29 is 4.74 Å². The molecule has 0 aliphatic carbocycles. The van der Waals surface area contributed by atoms with Crippen LogP contribution in [0.25, 0.3) is 0 Å². The fourth-order valence-corrected chi connectivity index (χ4v) is 1.72. The third-order valence-electron chi connectivity index (χ3n) is 2.72. The fraction of sp³-hybridized carbons (Fsp3) is 0.214. The minimum absolute atomic E-state index is 0.0971. The van der Waals surface area contributed by atoms with Gasteiger partial charge >= 0.3 is 5.69 Å². The molecule has 1 aromatic carbocycles. The van der Waals surface area contributed by atoms with Crippen LogP contribution in [0.1, 0.15) is 11.1 Å². The summed E-state index contributed by atoms with van der Waals surface area (Å²) < 4.78 is 6.76. The molecule has 0 unspecified atom stereocenters. The van der Waals surface area contributed by atoms with E-state index < -0.39 is 11.2 Å². The molecule has 0 bridgehead atoms. The second-order valence-electron chi connectivity index (χ2n) is 4.27. The lowest BCUT2D eigenvalue weighted by atomic mass is 10.2. The molecule has 0 fully saturated rings. The molecule has 0 aliphatic heterocycles. The minimum atomic E-state index is -0.673. The molecule has 6 heteroatoms. The Morgan fingerprint density at radius 2 is 2.20 bits per heavy atom. The van der Waals surface area contributed by atoms with Gasteiger partial charge in [-0.25, -0.2) is 4.79 Å². The van der Waals surface area contributed by atoms with Crippen molar-refractivity contribution in [1.82, 2.24) is 9.55 Å². The zero-order chi connectivity index (χ0) is 14.5. The molecule has 20 heavy (non-hydrogen) atoms. The zero-order valence-electron chi connectivity index (χ0n) is 10.9. The maximum absolute atomic E-state index is 11.5. The van der Waals surface area contributed by atoms with Gasteiger partial charge < -0.3 is 4.74 Å². The molecule has 0 amide bonds. The molecular weight excluding hydrogens is 258 g/mol. The van der Waals surface area contributed by atoms with Gasteiger partial charge in [-0.05, 0) is 24.6 Å². The average molecular weight is 271 g/mol. The largest absolute Gasteiger partial charge is 0.492 e. The second kappa shape index (κ2) is 5.89. The van der Waals surface area contributed by atoms with Crippen molar-refractivity contribution in [2.45, 2.75) is 13.5 Å². The number of nitriles is 1. The monoisotopic (exact) mass is 271 g/mol. The van der Waals surface area contributed by atoms with Crippen LogP contribution in [0.3, 0.4) is 0 Å². The van der Waals surface area contributed by atoms with E-state index in [-0.39, 0.29) is 18.7 Å². The highest BCUT2D eigenvalue weighted by atomic mass is 16.5. The van der Waals surface area contributed by atoms with E-state index in [1.165, 1.54) is 10.8 Å². The van der Waals surface area contributed by atoms with Crippen LogP contribution in [0, 0.1) is 18.3 Å². The smallest absolute Gasteiger partial charge is 0.328 e. The Balaban J connectivity index is 2.07. The van der Waals surface area contributed by atoms with Gasteiger partial charge in [0.1, 0.15) is 24.0 Å². The molecule has 102 valence electrons. The number of H-pyrrole nitrogens is 1. The first-order chi connectivity index (χ1) is 9.60. The van der Waals surface area contributed by atoms with Gasteiger partial charge in [-0.2, -0.15) is 5.26 Å². The first-order valence-corrected chi connectivity index (χ1v) is 6.03. The highest BCUT2D eigenvalue weighted by Gasteiger charge is 2.04. The topological polar surface area (TPSA) is 87.9 Å².